The molecule has 5 heteroatoms. The third kappa shape index (κ3) is 3.70. The molecular weight excluding hydrogens is 226 g/mol. The molecule has 0 aliphatic rings. The smallest absolute Gasteiger partial charge is 0.0534 e. The predicted octanol–water partition coefficient (Wildman–Crippen LogP) is 1.56. The first-order chi connectivity index (χ1) is 8.63. The van der Waals surface area contributed by atoms with Gasteiger partial charge in [0, 0.05) is 50.2 Å². The summed E-state index contributed by atoms with van der Waals surface area (Å²) in [6.07, 6.45) is 7.94. The summed E-state index contributed by atoms with van der Waals surface area (Å²) >= 11 is 0. The van der Waals surface area contributed by atoms with Crippen LogP contribution in [0.15, 0.2) is 24.8 Å². The molecule has 0 saturated carbocycles. The van der Waals surface area contributed by atoms with Crippen molar-refractivity contribution in [1.82, 2.24) is 24.9 Å². The molecule has 2 aromatic rings. The van der Waals surface area contributed by atoms with E-state index in [0.29, 0.717) is 5.92 Å². The molecule has 0 amide bonds. The second-order valence-corrected chi connectivity index (χ2v) is 5.09. The summed E-state index contributed by atoms with van der Waals surface area (Å²) in [5.41, 5.74) is 2.42. The van der Waals surface area contributed by atoms with Crippen LogP contribution in [-0.2, 0) is 26.7 Å². The van der Waals surface area contributed by atoms with Crippen LogP contribution < -0.4 is 5.32 Å². The van der Waals surface area contributed by atoms with Crippen molar-refractivity contribution in [3.8, 4) is 0 Å². The molecule has 0 bridgehead atoms. The second kappa shape index (κ2) is 5.82. The summed E-state index contributed by atoms with van der Waals surface area (Å²) in [5, 5.41) is 11.9. The fraction of sp³-hybridized carbons (Fsp3) is 0.538. The number of nitrogens with zero attached hydrogens (tertiary/aromatic N) is 4. The molecule has 0 fully saturated rings. The van der Waals surface area contributed by atoms with E-state index in [-0.39, 0.29) is 0 Å². The van der Waals surface area contributed by atoms with Crippen LogP contribution in [0.5, 0.6) is 0 Å². The highest BCUT2D eigenvalue weighted by atomic mass is 15.3. The molecule has 0 aliphatic heterocycles. The van der Waals surface area contributed by atoms with Crippen LogP contribution in [0.3, 0.4) is 0 Å². The van der Waals surface area contributed by atoms with Gasteiger partial charge in [0.05, 0.1) is 12.4 Å². The molecule has 2 rings (SSSR count). The monoisotopic (exact) mass is 247 g/mol. The van der Waals surface area contributed by atoms with E-state index in [1.54, 1.807) is 0 Å². The van der Waals surface area contributed by atoms with Crippen LogP contribution in [0.1, 0.15) is 25.0 Å². The van der Waals surface area contributed by atoms with E-state index in [2.05, 4.69) is 35.6 Å². The van der Waals surface area contributed by atoms with Crippen molar-refractivity contribution in [2.45, 2.75) is 33.5 Å². The third-order valence-corrected chi connectivity index (χ3v) is 2.66. The predicted molar refractivity (Wildman–Crippen MR) is 70.8 cm³/mol. The highest BCUT2D eigenvalue weighted by Crippen LogP contribution is 2.02. The van der Waals surface area contributed by atoms with Gasteiger partial charge in [-0.1, -0.05) is 13.8 Å². The van der Waals surface area contributed by atoms with Crippen molar-refractivity contribution in [2.24, 2.45) is 13.0 Å². The highest BCUT2D eigenvalue weighted by molar-refractivity contribution is 5.06. The van der Waals surface area contributed by atoms with Gasteiger partial charge in [-0.15, -0.1) is 0 Å². The molecule has 0 atom stereocenters. The Balaban J connectivity index is 1.78. The minimum Gasteiger partial charge on any atom is -0.308 e. The topological polar surface area (TPSA) is 47.7 Å². The van der Waals surface area contributed by atoms with Crippen LogP contribution in [-0.4, -0.2) is 19.6 Å². The van der Waals surface area contributed by atoms with Gasteiger partial charge >= 0.3 is 0 Å². The van der Waals surface area contributed by atoms with Crippen LogP contribution in [0.25, 0.3) is 0 Å². The van der Waals surface area contributed by atoms with Gasteiger partial charge in [-0.3, -0.25) is 9.36 Å². The number of rotatable bonds is 6. The third-order valence-electron chi connectivity index (χ3n) is 2.66. The summed E-state index contributed by atoms with van der Waals surface area (Å²) in [7, 11) is 1.93. The Morgan fingerprint density at radius 3 is 2.39 bits per heavy atom. The standard InChI is InChI=1S/C13H21N5/c1-11(2)8-18-10-13(7-16-18)5-14-4-12-6-15-17(3)9-12/h6-7,9-11,14H,4-5,8H2,1-3H3. The van der Waals surface area contributed by atoms with Crippen LogP contribution >= 0.6 is 0 Å². The number of hydrogen-bond acceptors (Lipinski definition) is 3. The van der Waals surface area contributed by atoms with E-state index >= 15 is 0 Å². The maximum Gasteiger partial charge on any atom is 0.0534 e. The number of aryl methyl sites for hydroxylation is 1. The Bertz CT molecular complexity index is 483. The Morgan fingerprint density at radius 2 is 1.78 bits per heavy atom. The van der Waals surface area contributed by atoms with Crippen molar-refractivity contribution in [1.29, 1.82) is 0 Å². The van der Waals surface area contributed by atoms with Gasteiger partial charge in [-0.25, -0.2) is 0 Å². The van der Waals surface area contributed by atoms with E-state index < -0.39 is 0 Å². The zero-order chi connectivity index (χ0) is 13.0. The minimum atomic E-state index is 0.626. The summed E-state index contributed by atoms with van der Waals surface area (Å²) in [5.74, 6) is 0.626. The maximum atomic E-state index is 4.35. The van der Waals surface area contributed by atoms with Crippen molar-refractivity contribution in [2.75, 3.05) is 0 Å². The summed E-state index contributed by atoms with van der Waals surface area (Å²) in [6.45, 7) is 7.04. The fourth-order valence-corrected chi connectivity index (χ4v) is 1.89. The molecule has 0 aliphatic carbocycles. The SMILES string of the molecule is CC(C)Cn1cc(CNCc2cnn(C)c2)cn1. The summed E-state index contributed by atoms with van der Waals surface area (Å²) in [4.78, 5) is 0. The molecular formula is C13H21N5. The van der Waals surface area contributed by atoms with E-state index in [9.17, 15) is 0 Å². The highest BCUT2D eigenvalue weighted by Gasteiger charge is 2.01. The lowest BCUT2D eigenvalue weighted by atomic mass is 10.2. The van der Waals surface area contributed by atoms with Crippen LogP contribution in [0.4, 0.5) is 0 Å². The normalized spacial score (nSPS) is 11.3. The molecule has 0 aromatic carbocycles. The molecule has 0 spiro atoms. The van der Waals surface area contributed by atoms with Crippen LogP contribution in [0.2, 0.25) is 0 Å². The molecule has 5 nitrogen and oxygen atoms in total. The number of aromatic nitrogens is 4. The zero-order valence-corrected chi connectivity index (χ0v) is 11.3. The first-order valence-electron chi connectivity index (χ1n) is 6.33. The van der Waals surface area contributed by atoms with Crippen molar-refractivity contribution < 1.29 is 0 Å². The van der Waals surface area contributed by atoms with E-state index in [1.807, 2.05) is 35.0 Å². The zero-order valence-electron chi connectivity index (χ0n) is 11.3. The Hall–Kier alpha value is -1.62. The van der Waals surface area contributed by atoms with Gasteiger partial charge in [0.1, 0.15) is 0 Å². The molecule has 1 N–H and O–H groups in total. The molecule has 0 unspecified atom stereocenters. The summed E-state index contributed by atoms with van der Waals surface area (Å²) in [6, 6.07) is 0. The molecule has 0 saturated heterocycles. The minimum absolute atomic E-state index is 0.626. The Labute approximate surface area is 108 Å². The lowest BCUT2D eigenvalue weighted by molar-refractivity contribution is 0.482. The molecule has 18 heavy (non-hydrogen) atoms. The van der Waals surface area contributed by atoms with Crippen molar-refractivity contribution in [3.05, 3.63) is 35.9 Å². The summed E-state index contributed by atoms with van der Waals surface area (Å²) < 4.78 is 3.82. The van der Waals surface area contributed by atoms with Gasteiger partial charge in [0.2, 0.25) is 0 Å². The first kappa shape index (κ1) is 12.8. The van der Waals surface area contributed by atoms with E-state index in [1.165, 1.54) is 11.1 Å². The van der Waals surface area contributed by atoms with E-state index in [4.69, 9.17) is 0 Å². The Kier molecular flexibility index (Phi) is 4.15. The lowest BCUT2D eigenvalue weighted by Gasteiger charge is -2.03. The maximum absolute atomic E-state index is 4.35. The van der Waals surface area contributed by atoms with Gasteiger partial charge in [0.15, 0.2) is 0 Å². The first-order valence-corrected chi connectivity index (χ1v) is 6.33. The van der Waals surface area contributed by atoms with Crippen LogP contribution in [0, 0.1) is 5.92 Å². The molecule has 2 heterocycles. The van der Waals surface area contributed by atoms with Gasteiger partial charge in [-0.2, -0.15) is 10.2 Å². The molecule has 0 radical (unpaired) electrons. The van der Waals surface area contributed by atoms with Gasteiger partial charge < -0.3 is 5.32 Å². The fourth-order valence-electron chi connectivity index (χ4n) is 1.89. The number of hydrogen-bond donors (Lipinski definition) is 1. The quantitative estimate of drug-likeness (QED) is 0.842. The van der Waals surface area contributed by atoms with Crippen molar-refractivity contribution in [3.63, 3.8) is 0 Å². The van der Waals surface area contributed by atoms with Gasteiger partial charge in [0.25, 0.3) is 0 Å². The largest absolute Gasteiger partial charge is 0.308 e. The lowest BCUT2D eigenvalue weighted by Crippen LogP contribution is -2.12. The molecule has 98 valence electrons. The average Bonchev–Trinajstić information content (AvgIpc) is 2.88. The van der Waals surface area contributed by atoms with Crippen molar-refractivity contribution >= 4 is 0 Å². The average molecular weight is 247 g/mol. The second-order valence-electron chi connectivity index (χ2n) is 5.09. The van der Waals surface area contributed by atoms with Gasteiger partial charge in [-0.05, 0) is 5.92 Å². The number of nitrogens with one attached hydrogen (secondary N) is 1. The molecule has 2 aromatic heterocycles. The Morgan fingerprint density at radius 1 is 1.11 bits per heavy atom. The van der Waals surface area contributed by atoms with E-state index in [0.717, 1.165) is 19.6 Å².